The maximum absolute atomic E-state index is 13.9. The number of thiazole rings is 1. The third kappa shape index (κ3) is 3.53. The Bertz CT molecular complexity index is 1610. The highest BCUT2D eigenvalue weighted by Gasteiger charge is 2.52. The summed E-state index contributed by atoms with van der Waals surface area (Å²) in [6, 6.07) is 6.01. The molecule has 36 heavy (non-hydrogen) atoms. The van der Waals surface area contributed by atoms with Gasteiger partial charge >= 0.3 is 0 Å². The second-order valence-electron chi connectivity index (χ2n) is 8.86. The largest absolute Gasteiger partial charge is 0.290 e. The van der Waals surface area contributed by atoms with Gasteiger partial charge in [-0.1, -0.05) is 10.8 Å². The maximum Gasteiger partial charge on any atom is 0.264 e. The Balaban J connectivity index is 1.45. The first kappa shape index (κ1) is 22.9. The van der Waals surface area contributed by atoms with Crippen LogP contribution in [0.3, 0.4) is 0 Å². The molecule has 0 spiro atoms. The van der Waals surface area contributed by atoms with Crippen LogP contribution in [0.15, 0.2) is 58.8 Å². The Morgan fingerprint density at radius 2 is 2.03 bits per heavy atom. The van der Waals surface area contributed by atoms with Crippen LogP contribution in [0, 0.1) is 11.2 Å². The standard InChI is InChI=1S/C23H20FN7O3S2/c1-29-13-20(27-28-29)36(33,34)30-8-6-16-10-19-15(12-26-31(19)18-4-2-17(24)3-5-18)11-23(16,14-30)21(32)22-25-7-9-35-22/h2-5,7,9-10,12-13H,6,8,11,14H2,1H3/t23-/m0/s1. The summed E-state index contributed by atoms with van der Waals surface area (Å²) in [6.45, 7) is 0.148. The molecule has 0 saturated carbocycles. The van der Waals surface area contributed by atoms with Crippen molar-refractivity contribution in [3.8, 4) is 5.69 Å². The SMILES string of the molecule is Cn1cc(S(=O)(=O)N2CCC3=Cc4c(cnn4-c4ccc(F)cc4)C[C@]3(C(=O)c3nccs3)C2)nn1. The number of sulfonamides is 1. The zero-order valence-electron chi connectivity index (χ0n) is 19.1. The number of fused-ring (bicyclic) bond motifs is 2. The Kier molecular flexibility index (Phi) is 5.24. The van der Waals surface area contributed by atoms with Crippen molar-refractivity contribution >= 4 is 33.2 Å². The van der Waals surface area contributed by atoms with Gasteiger partial charge in [-0.3, -0.25) is 9.48 Å². The number of carbonyl (C=O) groups is 1. The number of benzene rings is 1. The quantitative estimate of drug-likeness (QED) is 0.368. The van der Waals surface area contributed by atoms with E-state index in [9.17, 15) is 17.6 Å². The highest BCUT2D eigenvalue weighted by molar-refractivity contribution is 7.89. The fourth-order valence-electron chi connectivity index (χ4n) is 4.93. The highest BCUT2D eigenvalue weighted by Crippen LogP contribution is 2.47. The number of nitrogens with zero attached hydrogens (tertiary/aromatic N) is 7. The molecule has 0 radical (unpaired) electrons. The molecule has 2 aliphatic rings. The molecule has 1 aromatic carbocycles. The van der Waals surface area contributed by atoms with Crippen molar-refractivity contribution in [3.05, 3.63) is 75.9 Å². The highest BCUT2D eigenvalue weighted by atomic mass is 32.2. The molecule has 13 heteroatoms. The predicted molar refractivity (Wildman–Crippen MR) is 128 cm³/mol. The maximum atomic E-state index is 13.9. The van der Waals surface area contributed by atoms with E-state index in [-0.39, 0.29) is 36.1 Å². The van der Waals surface area contributed by atoms with E-state index in [4.69, 9.17) is 0 Å². The van der Waals surface area contributed by atoms with Gasteiger partial charge < -0.3 is 0 Å². The fraction of sp³-hybridized carbons (Fsp3) is 0.261. The molecule has 0 amide bonds. The molecule has 1 aliphatic carbocycles. The Hall–Kier alpha value is -3.55. The van der Waals surface area contributed by atoms with Gasteiger partial charge in [-0.15, -0.1) is 16.4 Å². The average molecular weight is 526 g/mol. The number of ketones is 1. The van der Waals surface area contributed by atoms with E-state index in [1.54, 1.807) is 41.6 Å². The van der Waals surface area contributed by atoms with Crippen LogP contribution < -0.4 is 0 Å². The summed E-state index contributed by atoms with van der Waals surface area (Å²) in [7, 11) is -2.37. The second-order valence-corrected chi connectivity index (χ2v) is 11.6. The van der Waals surface area contributed by atoms with E-state index in [0.29, 0.717) is 17.1 Å². The molecule has 3 aromatic heterocycles. The molecule has 1 fully saturated rings. The van der Waals surface area contributed by atoms with Crippen LogP contribution in [0.5, 0.6) is 0 Å². The van der Waals surface area contributed by atoms with E-state index < -0.39 is 15.4 Å². The average Bonchev–Trinajstić information content (AvgIpc) is 3.63. The number of Topliss-reactive ketones (excluding diaryl/α,β-unsaturated/α-hetero) is 1. The summed E-state index contributed by atoms with van der Waals surface area (Å²) in [5, 5.41) is 14.0. The van der Waals surface area contributed by atoms with Crippen LogP contribution in [0.4, 0.5) is 4.39 Å². The number of rotatable bonds is 5. The van der Waals surface area contributed by atoms with E-state index in [1.807, 2.05) is 6.08 Å². The third-order valence-electron chi connectivity index (χ3n) is 6.70. The van der Waals surface area contributed by atoms with Crippen LogP contribution in [0.1, 0.15) is 27.5 Å². The molecular formula is C23H20FN7O3S2. The minimum absolute atomic E-state index is 0.0443. The molecule has 0 unspecified atom stereocenters. The fourth-order valence-corrected chi connectivity index (χ4v) is 7.01. The molecule has 0 N–H and O–H groups in total. The lowest BCUT2D eigenvalue weighted by molar-refractivity contribution is 0.0775. The lowest BCUT2D eigenvalue weighted by atomic mass is 9.66. The number of aryl methyl sites for hydroxylation is 1. The van der Waals surface area contributed by atoms with Gasteiger partial charge in [-0.25, -0.2) is 22.5 Å². The number of halogens is 1. The van der Waals surface area contributed by atoms with Crippen LogP contribution in [-0.4, -0.2) is 61.4 Å². The minimum Gasteiger partial charge on any atom is -0.290 e. The molecule has 1 saturated heterocycles. The van der Waals surface area contributed by atoms with Crippen LogP contribution in [0.25, 0.3) is 11.8 Å². The molecule has 4 aromatic rings. The summed E-state index contributed by atoms with van der Waals surface area (Å²) < 4.78 is 44.6. The molecular weight excluding hydrogens is 505 g/mol. The Morgan fingerprint density at radius 1 is 1.22 bits per heavy atom. The van der Waals surface area contributed by atoms with Crippen molar-refractivity contribution in [1.82, 2.24) is 34.1 Å². The summed E-state index contributed by atoms with van der Waals surface area (Å²) in [4.78, 5) is 18.2. The first-order valence-corrected chi connectivity index (χ1v) is 13.4. The van der Waals surface area contributed by atoms with Crippen LogP contribution in [-0.2, 0) is 23.5 Å². The van der Waals surface area contributed by atoms with E-state index in [1.165, 1.54) is 38.7 Å². The number of hydrogen-bond donors (Lipinski definition) is 0. The normalized spacial score (nSPS) is 20.0. The van der Waals surface area contributed by atoms with Crippen molar-refractivity contribution in [2.45, 2.75) is 17.9 Å². The first-order chi connectivity index (χ1) is 17.3. The smallest absolute Gasteiger partial charge is 0.264 e. The van der Waals surface area contributed by atoms with Crippen molar-refractivity contribution in [2.24, 2.45) is 12.5 Å². The number of aromatic nitrogens is 6. The van der Waals surface area contributed by atoms with Crippen molar-refractivity contribution in [2.75, 3.05) is 13.1 Å². The monoisotopic (exact) mass is 525 g/mol. The van der Waals surface area contributed by atoms with E-state index >= 15 is 0 Å². The number of piperidine rings is 1. The summed E-state index contributed by atoms with van der Waals surface area (Å²) in [5.41, 5.74) is 1.98. The van der Waals surface area contributed by atoms with Crippen molar-refractivity contribution < 1.29 is 17.6 Å². The topological polar surface area (TPSA) is 116 Å². The predicted octanol–water partition coefficient (Wildman–Crippen LogP) is 2.50. The molecule has 4 heterocycles. The van der Waals surface area contributed by atoms with Gasteiger partial charge in [-0.2, -0.15) is 9.40 Å². The zero-order valence-corrected chi connectivity index (χ0v) is 20.7. The van der Waals surface area contributed by atoms with Crippen molar-refractivity contribution in [3.63, 3.8) is 0 Å². The van der Waals surface area contributed by atoms with Gasteiger partial charge in [0, 0.05) is 31.7 Å². The van der Waals surface area contributed by atoms with Crippen LogP contribution in [0.2, 0.25) is 0 Å². The lowest BCUT2D eigenvalue weighted by Gasteiger charge is -2.44. The van der Waals surface area contributed by atoms with Gasteiger partial charge in [0.2, 0.25) is 10.8 Å². The third-order valence-corrected chi connectivity index (χ3v) is 9.18. The second kappa shape index (κ2) is 8.25. The minimum atomic E-state index is -3.97. The summed E-state index contributed by atoms with van der Waals surface area (Å²) >= 11 is 1.23. The Labute approximate surface area is 209 Å². The van der Waals surface area contributed by atoms with Gasteiger partial charge in [-0.05, 0) is 48.7 Å². The lowest BCUT2D eigenvalue weighted by Crippen LogP contribution is -2.53. The molecule has 0 bridgehead atoms. The molecule has 1 aliphatic heterocycles. The summed E-state index contributed by atoms with van der Waals surface area (Å²) in [5.74, 6) is -0.564. The van der Waals surface area contributed by atoms with Crippen molar-refractivity contribution in [1.29, 1.82) is 0 Å². The summed E-state index contributed by atoms with van der Waals surface area (Å²) in [6.07, 6.45) is 7.13. The zero-order chi connectivity index (χ0) is 25.1. The molecule has 10 nitrogen and oxygen atoms in total. The number of hydrogen-bond acceptors (Lipinski definition) is 8. The van der Waals surface area contributed by atoms with E-state index in [0.717, 1.165) is 16.8 Å². The van der Waals surface area contributed by atoms with E-state index in [2.05, 4.69) is 20.4 Å². The molecule has 6 rings (SSSR count). The molecule has 1 atom stereocenters. The Morgan fingerprint density at radius 3 is 2.72 bits per heavy atom. The molecule has 184 valence electrons. The van der Waals surface area contributed by atoms with Gasteiger partial charge in [0.05, 0.1) is 29.2 Å². The van der Waals surface area contributed by atoms with Gasteiger partial charge in [0.1, 0.15) is 5.82 Å². The number of carbonyl (C=O) groups excluding carboxylic acids is 1. The van der Waals surface area contributed by atoms with Gasteiger partial charge in [0.15, 0.2) is 5.01 Å². The first-order valence-electron chi connectivity index (χ1n) is 11.1. The van der Waals surface area contributed by atoms with Crippen LogP contribution >= 0.6 is 11.3 Å². The van der Waals surface area contributed by atoms with Gasteiger partial charge in [0.25, 0.3) is 10.0 Å².